The van der Waals surface area contributed by atoms with Crippen LogP contribution in [0, 0.1) is 0 Å². The van der Waals surface area contributed by atoms with E-state index in [1.807, 2.05) is 39.0 Å². The molecule has 0 aromatic heterocycles. The average Bonchev–Trinajstić information content (AvgIpc) is 2.52. The molecule has 7 heteroatoms. The van der Waals surface area contributed by atoms with Gasteiger partial charge in [-0.25, -0.2) is 0 Å². The van der Waals surface area contributed by atoms with Crippen LogP contribution in [0.1, 0.15) is 20.8 Å². The van der Waals surface area contributed by atoms with Crippen LogP contribution in [0.2, 0.25) is 0 Å². The number of anilines is 1. The summed E-state index contributed by atoms with van der Waals surface area (Å²) in [4.78, 5) is 4.55. The van der Waals surface area contributed by atoms with Crippen molar-refractivity contribution in [2.75, 3.05) is 39.7 Å². The third-order valence-electron chi connectivity index (χ3n) is 3.16. The smallest absolute Gasteiger partial charge is 0.195 e. The first-order chi connectivity index (χ1) is 10.5. The molecule has 0 aliphatic rings. The quantitative estimate of drug-likeness (QED) is 0.390. The summed E-state index contributed by atoms with van der Waals surface area (Å²) in [7, 11) is 4.91. The van der Waals surface area contributed by atoms with E-state index in [1.54, 1.807) is 21.3 Å². The van der Waals surface area contributed by atoms with E-state index in [0.29, 0.717) is 24.0 Å². The Kier molecular flexibility index (Phi) is 9.98. The van der Waals surface area contributed by atoms with Gasteiger partial charge in [-0.1, -0.05) is 0 Å². The van der Waals surface area contributed by atoms with Crippen LogP contribution in [0.5, 0.6) is 11.5 Å². The maximum absolute atomic E-state index is 5.38. The fourth-order valence-corrected chi connectivity index (χ4v) is 1.69. The first kappa shape index (κ1) is 21.8. The van der Waals surface area contributed by atoms with Crippen molar-refractivity contribution in [1.82, 2.24) is 5.32 Å². The number of guanidine groups is 1. The second-order valence-corrected chi connectivity index (χ2v) is 5.35. The first-order valence-electron chi connectivity index (χ1n) is 7.28. The summed E-state index contributed by atoms with van der Waals surface area (Å²) in [6, 6.07) is 5.63. The Balaban J connectivity index is 0.00000484. The lowest BCUT2D eigenvalue weighted by molar-refractivity contribution is 0.0311. The van der Waals surface area contributed by atoms with Crippen molar-refractivity contribution in [2.45, 2.75) is 26.4 Å². The van der Waals surface area contributed by atoms with E-state index >= 15 is 0 Å². The zero-order valence-electron chi connectivity index (χ0n) is 14.7. The van der Waals surface area contributed by atoms with Crippen LogP contribution in [-0.2, 0) is 4.74 Å². The number of nitrogens with one attached hydrogen (secondary N) is 2. The van der Waals surface area contributed by atoms with Gasteiger partial charge in [0, 0.05) is 25.4 Å². The monoisotopic (exact) mass is 437 g/mol. The number of halogens is 1. The molecular formula is C16H28IN3O3. The molecule has 0 heterocycles. The summed E-state index contributed by atoms with van der Waals surface area (Å²) in [6.45, 7) is 7.33. The molecule has 2 N–H and O–H groups in total. The molecule has 0 amide bonds. The largest absolute Gasteiger partial charge is 0.493 e. The molecule has 0 radical (unpaired) electrons. The molecule has 0 fully saturated rings. The van der Waals surface area contributed by atoms with E-state index in [9.17, 15) is 0 Å². The van der Waals surface area contributed by atoms with Crippen LogP contribution in [0.15, 0.2) is 23.2 Å². The third-order valence-corrected chi connectivity index (χ3v) is 3.16. The minimum absolute atomic E-state index is 0. The molecular weight excluding hydrogens is 409 g/mol. The van der Waals surface area contributed by atoms with Crippen molar-refractivity contribution < 1.29 is 14.2 Å². The lowest BCUT2D eigenvalue weighted by Gasteiger charge is -2.21. The van der Waals surface area contributed by atoms with Gasteiger partial charge in [-0.3, -0.25) is 4.99 Å². The predicted octanol–water partition coefficient (Wildman–Crippen LogP) is 3.12. The zero-order chi connectivity index (χ0) is 16.6. The van der Waals surface area contributed by atoms with Gasteiger partial charge >= 0.3 is 0 Å². The zero-order valence-corrected chi connectivity index (χ0v) is 17.1. The van der Waals surface area contributed by atoms with Crippen LogP contribution in [0.25, 0.3) is 0 Å². The van der Waals surface area contributed by atoms with Gasteiger partial charge in [0.25, 0.3) is 0 Å². The van der Waals surface area contributed by atoms with Crippen molar-refractivity contribution in [2.24, 2.45) is 4.99 Å². The molecule has 0 bridgehead atoms. The molecule has 0 aliphatic heterocycles. The van der Waals surface area contributed by atoms with E-state index in [2.05, 4.69) is 15.6 Å². The van der Waals surface area contributed by atoms with Crippen molar-refractivity contribution >= 4 is 35.6 Å². The molecule has 0 saturated heterocycles. The van der Waals surface area contributed by atoms with E-state index in [0.717, 1.165) is 12.2 Å². The van der Waals surface area contributed by atoms with Gasteiger partial charge in [0.1, 0.15) is 0 Å². The van der Waals surface area contributed by atoms with Crippen molar-refractivity contribution in [1.29, 1.82) is 0 Å². The lowest BCUT2D eigenvalue weighted by Crippen LogP contribution is -2.34. The lowest BCUT2D eigenvalue weighted by atomic mass is 10.1. The average molecular weight is 437 g/mol. The van der Waals surface area contributed by atoms with Crippen LogP contribution >= 0.6 is 24.0 Å². The molecule has 1 aromatic rings. The van der Waals surface area contributed by atoms with Crippen LogP contribution in [-0.4, -0.2) is 46.0 Å². The summed E-state index contributed by atoms with van der Waals surface area (Å²) in [5.74, 6) is 2.05. The number of ether oxygens (including phenoxy) is 3. The van der Waals surface area contributed by atoms with Gasteiger partial charge in [-0.2, -0.15) is 0 Å². The molecule has 132 valence electrons. The summed E-state index contributed by atoms with van der Waals surface area (Å²) in [6.07, 6.45) is 0. The minimum Gasteiger partial charge on any atom is -0.493 e. The summed E-state index contributed by atoms with van der Waals surface area (Å²) in [5.41, 5.74) is 0.563. The highest BCUT2D eigenvalue weighted by atomic mass is 127. The number of nitrogens with zero attached hydrogens (tertiary/aromatic N) is 1. The maximum atomic E-state index is 5.38. The predicted molar refractivity (Wildman–Crippen MR) is 106 cm³/mol. The number of benzene rings is 1. The highest BCUT2D eigenvalue weighted by Crippen LogP contribution is 2.29. The standard InChI is InChI=1S/C16H27N3O3.HI/c1-7-17-15(18-11-16(2,3)22-6)19-12-8-9-13(20-4)14(10-12)21-5;/h8-10H,7,11H2,1-6H3,(H2,17,18,19);1H. The number of rotatable bonds is 7. The number of aliphatic imine (C=N–C) groups is 1. The fourth-order valence-electron chi connectivity index (χ4n) is 1.69. The van der Waals surface area contributed by atoms with Gasteiger partial charge in [0.2, 0.25) is 0 Å². The molecule has 6 nitrogen and oxygen atoms in total. The number of hydrogen-bond donors (Lipinski definition) is 2. The summed E-state index contributed by atoms with van der Waals surface area (Å²) >= 11 is 0. The van der Waals surface area contributed by atoms with Gasteiger partial charge in [-0.15, -0.1) is 24.0 Å². The van der Waals surface area contributed by atoms with Crippen LogP contribution in [0.4, 0.5) is 5.69 Å². The van der Waals surface area contributed by atoms with E-state index < -0.39 is 0 Å². The normalized spacial score (nSPS) is 11.5. The maximum Gasteiger partial charge on any atom is 0.195 e. The van der Waals surface area contributed by atoms with Gasteiger partial charge in [0.05, 0.1) is 26.4 Å². The van der Waals surface area contributed by atoms with Gasteiger partial charge in [-0.05, 0) is 32.9 Å². The van der Waals surface area contributed by atoms with Crippen molar-refractivity contribution in [3.05, 3.63) is 18.2 Å². The molecule has 0 unspecified atom stereocenters. The van der Waals surface area contributed by atoms with Crippen LogP contribution in [0.3, 0.4) is 0 Å². The molecule has 0 aliphatic carbocycles. The summed E-state index contributed by atoms with van der Waals surface area (Å²) in [5, 5.41) is 6.46. The second kappa shape index (κ2) is 10.5. The van der Waals surface area contributed by atoms with Gasteiger partial charge < -0.3 is 24.8 Å². The Morgan fingerprint density at radius 2 is 1.78 bits per heavy atom. The van der Waals surface area contributed by atoms with E-state index in [-0.39, 0.29) is 29.6 Å². The summed E-state index contributed by atoms with van der Waals surface area (Å²) < 4.78 is 15.9. The molecule has 23 heavy (non-hydrogen) atoms. The SMILES string of the molecule is CCNC(=NCC(C)(C)OC)Nc1ccc(OC)c(OC)c1.I. The Morgan fingerprint density at radius 1 is 1.13 bits per heavy atom. The Labute approximate surface area is 156 Å². The number of hydrogen-bond acceptors (Lipinski definition) is 4. The Hall–Kier alpha value is -1.22. The molecule has 1 aromatic carbocycles. The van der Waals surface area contributed by atoms with Crippen LogP contribution < -0.4 is 20.1 Å². The first-order valence-corrected chi connectivity index (χ1v) is 7.28. The Morgan fingerprint density at radius 3 is 2.30 bits per heavy atom. The molecule has 0 atom stereocenters. The topological polar surface area (TPSA) is 64.1 Å². The second-order valence-electron chi connectivity index (χ2n) is 5.35. The van der Waals surface area contributed by atoms with E-state index in [4.69, 9.17) is 14.2 Å². The van der Waals surface area contributed by atoms with Crippen molar-refractivity contribution in [3.8, 4) is 11.5 Å². The fraction of sp³-hybridized carbons (Fsp3) is 0.562. The van der Waals surface area contributed by atoms with Gasteiger partial charge in [0.15, 0.2) is 17.5 Å². The third kappa shape index (κ3) is 7.26. The van der Waals surface area contributed by atoms with E-state index in [1.165, 1.54) is 0 Å². The highest BCUT2D eigenvalue weighted by molar-refractivity contribution is 14.0. The molecule has 1 rings (SSSR count). The highest BCUT2D eigenvalue weighted by Gasteiger charge is 2.16. The molecule has 0 saturated carbocycles. The minimum atomic E-state index is -0.306. The number of methoxy groups -OCH3 is 3. The Bertz CT molecular complexity index is 507. The molecule has 0 spiro atoms. The van der Waals surface area contributed by atoms with Crippen molar-refractivity contribution in [3.63, 3.8) is 0 Å².